The van der Waals surface area contributed by atoms with Gasteiger partial charge >= 0.3 is 0 Å². The summed E-state index contributed by atoms with van der Waals surface area (Å²) in [6.45, 7) is 1.18. The maximum Gasteiger partial charge on any atom is 0.123 e. The Bertz CT molecular complexity index is 423. The van der Waals surface area contributed by atoms with Crippen molar-refractivity contribution in [1.82, 2.24) is 10.2 Å². The van der Waals surface area contributed by atoms with Crippen molar-refractivity contribution in [3.63, 3.8) is 0 Å². The zero-order valence-corrected chi connectivity index (χ0v) is 11.7. The lowest BCUT2D eigenvalue weighted by molar-refractivity contribution is 0.130. The summed E-state index contributed by atoms with van der Waals surface area (Å²) in [4.78, 5) is 1.96. The van der Waals surface area contributed by atoms with Crippen molar-refractivity contribution >= 4 is 0 Å². The first-order valence-electron chi connectivity index (χ1n) is 6.91. The van der Waals surface area contributed by atoms with Crippen molar-refractivity contribution < 1.29 is 9.50 Å². The van der Waals surface area contributed by atoms with Crippen LogP contribution in [0, 0.1) is 5.82 Å². The molecule has 2 unspecified atom stereocenters. The molecule has 1 aliphatic rings. The number of rotatable bonds is 5. The van der Waals surface area contributed by atoms with Crippen LogP contribution in [0.1, 0.15) is 30.0 Å². The molecule has 3 nitrogen and oxygen atoms in total. The highest BCUT2D eigenvalue weighted by molar-refractivity contribution is 5.32. The standard InChI is InChI=1S/C15H23FN2O/c1-18(2)10-13(19)9-17-15-5-3-4-11-6-7-12(16)8-14(11)15/h6-8,13,15,17,19H,3-5,9-10H2,1-2H3. The van der Waals surface area contributed by atoms with Crippen LogP contribution >= 0.6 is 0 Å². The van der Waals surface area contributed by atoms with E-state index in [-0.39, 0.29) is 11.9 Å². The molecule has 0 bridgehead atoms. The molecule has 4 heteroatoms. The lowest BCUT2D eigenvalue weighted by Gasteiger charge is -2.28. The normalized spacial score (nSPS) is 20.4. The monoisotopic (exact) mass is 266 g/mol. The van der Waals surface area contributed by atoms with Crippen LogP contribution in [0.5, 0.6) is 0 Å². The number of likely N-dealkylation sites (N-methyl/N-ethyl adjacent to an activating group) is 1. The summed E-state index contributed by atoms with van der Waals surface area (Å²) in [6.07, 6.45) is 2.74. The van der Waals surface area contributed by atoms with Gasteiger partial charge in [0, 0.05) is 19.1 Å². The van der Waals surface area contributed by atoms with E-state index < -0.39 is 6.10 Å². The van der Waals surface area contributed by atoms with Crippen LogP contribution in [0.3, 0.4) is 0 Å². The summed E-state index contributed by atoms with van der Waals surface area (Å²) in [5.41, 5.74) is 2.29. The minimum absolute atomic E-state index is 0.163. The molecule has 19 heavy (non-hydrogen) atoms. The van der Waals surface area contributed by atoms with E-state index in [1.54, 1.807) is 6.07 Å². The zero-order chi connectivity index (χ0) is 13.8. The predicted octanol–water partition coefficient (Wildman–Crippen LogP) is 1.72. The topological polar surface area (TPSA) is 35.5 Å². The Kier molecular flexibility index (Phi) is 4.91. The Hall–Kier alpha value is -0.970. The van der Waals surface area contributed by atoms with Crippen LogP contribution in [-0.4, -0.2) is 43.3 Å². The molecule has 0 heterocycles. The second-order valence-electron chi connectivity index (χ2n) is 5.61. The maximum atomic E-state index is 13.4. The Morgan fingerprint density at radius 2 is 2.26 bits per heavy atom. The summed E-state index contributed by atoms with van der Waals surface area (Å²) in [5, 5.41) is 13.2. The third-order valence-corrected chi connectivity index (χ3v) is 3.60. The van der Waals surface area contributed by atoms with E-state index in [4.69, 9.17) is 0 Å². The van der Waals surface area contributed by atoms with Crippen molar-refractivity contribution in [2.24, 2.45) is 0 Å². The van der Waals surface area contributed by atoms with Gasteiger partial charge in [0.25, 0.3) is 0 Å². The van der Waals surface area contributed by atoms with E-state index in [0.717, 1.165) is 24.8 Å². The minimum Gasteiger partial charge on any atom is -0.390 e. The van der Waals surface area contributed by atoms with Gasteiger partial charge in [-0.1, -0.05) is 6.07 Å². The number of aliphatic hydroxyl groups is 1. The van der Waals surface area contributed by atoms with Crippen LogP contribution in [0.2, 0.25) is 0 Å². The lowest BCUT2D eigenvalue weighted by Crippen LogP contribution is -2.37. The number of aliphatic hydroxyl groups excluding tert-OH is 1. The van der Waals surface area contributed by atoms with E-state index in [9.17, 15) is 9.50 Å². The summed E-state index contributed by atoms with van der Waals surface area (Å²) in [6, 6.07) is 5.21. The predicted molar refractivity (Wildman–Crippen MR) is 74.6 cm³/mol. The SMILES string of the molecule is CN(C)CC(O)CNC1CCCc2ccc(F)cc21. The van der Waals surface area contributed by atoms with Crippen LogP contribution in [0.25, 0.3) is 0 Å². The number of fused-ring (bicyclic) bond motifs is 1. The molecule has 0 aromatic heterocycles. The molecule has 1 aliphatic carbocycles. The van der Waals surface area contributed by atoms with E-state index in [2.05, 4.69) is 5.32 Å². The molecule has 1 aromatic rings. The molecule has 2 atom stereocenters. The highest BCUT2D eigenvalue weighted by atomic mass is 19.1. The van der Waals surface area contributed by atoms with Crippen molar-refractivity contribution in [2.75, 3.05) is 27.2 Å². The summed E-state index contributed by atoms with van der Waals surface area (Å²) < 4.78 is 13.4. The van der Waals surface area contributed by atoms with Crippen molar-refractivity contribution in [3.05, 3.63) is 35.1 Å². The largest absolute Gasteiger partial charge is 0.390 e. The fourth-order valence-corrected chi connectivity index (χ4v) is 2.75. The molecule has 0 amide bonds. The van der Waals surface area contributed by atoms with Crippen molar-refractivity contribution in [1.29, 1.82) is 0 Å². The van der Waals surface area contributed by atoms with Gasteiger partial charge < -0.3 is 15.3 Å². The molecular formula is C15H23FN2O. The number of halogens is 1. The van der Waals surface area contributed by atoms with Gasteiger partial charge in [-0.2, -0.15) is 0 Å². The lowest BCUT2D eigenvalue weighted by atomic mass is 9.87. The maximum absolute atomic E-state index is 13.4. The molecule has 0 radical (unpaired) electrons. The van der Waals surface area contributed by atoms with E-state index in [0.29, 0.717) is 13.1 Å². The van der Waals surface area contributed by atoms with Gasteiger partial charge in [-0.3, -0.25) is 0 Å². The number of nitrogens with zero attached hydrogens (tertiary/aromatic N) is 1. The number of aryl methyl sites for hydroxylation is 1. The third kappa shape index (κ3) is 4.00. The third-order valence-electron chi connectivity index (χ3n) is 3.60. The van der Waals surface area contributed by atoms with Crippen molar-refractivity contribution in [3.8, 4) is 0 Å². The quantitative estimate of drug-likeness (QED) is 0.852. The number of benzene rings is 1. The smallest absolute Gasteiger partial charge is 0.123 e. The molecule has 2 rings (SSSR count). The van der Waals surface area contributed by atoms with E-state index >= 15 is 0 Å². The van der Waals surface area contributed by atoms with Gasteiger partial charge in [0.15, 0.2) is 0 Å². The highest BCUT2D eigenvalue weighted by Gasteiger charge is 2.21. The molecule has 106 valence electrons. The number of hydrogen-bond donors (Lipinski definition) is 2. The Morgan fingerprint density at radius 1 is 1.47 bits per heavy atom. The summed E-state index contributed by atoms with van der Waals surface area (Å²) in [5.74, 6) is -0.179. The Labute approximate surface area is 114 Å². The van der Waals surface area contributed by atoms with Gasteiger partial charge in [-0.05, 0) is 56.6 Å². The zero-order valence-electron chi connectivity index (χ0n) is 11.7. The average Bonchev–Trinajstić information content (AvgIpc) is 2.35. The molecule has 0 saturated carbocycles. The first kappa shape index (κ1) is 14.4. The minimum atomic E-state index is -0.395. The summed E-state index contributed by atoms with van der Waals surface area (Å²) in [7, 11) is 3.88. The first-order valence-corrected chi connectivity index (χ1v) is 6.91. The fourth-order valence-electron chi connectivity index (χ4n) is 2.75. The van der Waals surface area contributed by atoms with Gasteiger partial charge in [-0.15, -0.1) is 0 Å². The van der Waals surface area contributed by atoms with Crippen molar-refractivity contribution in [2.45, 2.75) is 31.4 Å². The Balaban J connectivity index is 1.97. The van der Waals surface area contributed by atoms with Gasteiger partial charge in [-0.25, -0.2) is 4.39 Å². The van der Waals surface area contributed by atoms with Crippen LogP contribution in [0.15, 0.2) is 18.2 Å². The van der Waals surface area contributed by atoms with Gasteiger partial charge in [0.05, 0.1) is 6.10 Å². The van der Waals surface area contributed by atoms with Gasteiger partial charge in [0.2, 0.25) is 0 Å². The molecule has 0 fully saturated rings. The van der Waals surface area contributed by atoms with Crippen LogP contribution in [0.4, 0.5) is 4.39 Å². The molecule has 0 spiro atoms. The fraction of sp³-hybridized carbons (Fsp3) is 0.600. The second-order valence-corrected chi connectivity index (χ2v) is 5.61. The molecular weight excluding hydrogens is 243 g/mol. The number of hydrogen-bond acceptors (Lipinski definition) is 3. The van der Waals surface area contributed by atoms with Crippen LogP contribution in [-0.2, 0) is 6.42 Å². The Morgan fingerprint density at radius 3 is 3.00 bits per heavy atom. The molecule has 1 aromatic carbocycles. The molecule has 2 N–H and O–H groups in total. The highest BCUT2D eigenvalue weighted by Crippen LogP contribution is 2.30. The average molecular weight is 266 g/mol. The van der Waals surface area contributed by atoms with Crippen LogP contribution < -0.4 is 5.32 Å². The first-order chi connectivity index (χ1) is 9.06. The summed E-state index contributed by atoms with van der Waals surface area (Å²) >= 11 is 0. The molecule has 0 aliphatic heterocycles. The molecule has 0 saturated heterocycles. The van der Waals surface area contributed by atoms with E-state index in [1.807, 2.05) is 25.1 Å². The van der Waals surface area contributed by atoms with E-state index in [1.165, 1.54) is 11.6 Å². The number of nitrogens with one attached hydrogen (secondary N) is 1. The second kappa shape index (κ2) is 6.46. The van der Waals surface area contributed by atoms with Gasteiger partial charge in [0.1, 0.15) is 5.82 Å².